The number of hydrogen-bond donors (Lipinski definition) is 1. The Morgan fingerprint density at radius 2 is 1.64 bits per heavy atom. The summed E-state index contributed by atoms with van der Waals surface area (Å²) in [4.78, 5) is 14.7. The predicted octanol–water partition coefficient (Wildman–Crippen LogP) is 4.76. The van der Waals surface area contributed by atoms with Crippen LogP contribution in [0.15, 0.2) is 71.2 Å². The van der Waals surface area contributed by atoms with E-state index in [-0.39, 0.29) is 11.8 Å². The zero-order chi connectivity index (χ0) is 19.3. The van der Waals surface area contributed by atoms with Crippen molar-refractivity contribution < 1.29 is 4.79 Å². The molecule has 5 nitrogen and oxygen atoms in total. The predicted molar refractivity (Wildman–Crippen MR) is 115 cm³/mol. The Morgan fingerprint density at radius 3 is 2.29 bits per heavy atom. The second kappa shape index (κ2) is 8.52. The molecule has 4 rings (SSSR count). The van der Waals surface area contributed by atoms with Crippen LogP contribution < -0.4 is 10.2 Å². The summed E-state index contributed by atoms with van der Waals surface area (Å²) in [6.07, 6.45) is 1.62. The van der Waals surface area contributed by atoms with Crippen LogP contribution in [0.3, 0.4) is 0 Å². The van der Waals surface area contributed by atoms with E-state index in [4.69, 9.17) is 0 Å². The van der Waals surface area contributed by atoms with E-state index in [2.05, 4.69) is 36.3 Å². The van der Waals surface area contributed by atoms with E-state index in [9.17, 15) is 4.79 Å². The molecule has 0 saturated carbocycles. The standard InChI is InChI=1S/C22H21BrN4O/c23-18-6-8-19(9-7-18)24-22(28)17-12-14-27(15-13-17)21-11-10-20(25-26-21)16-4-2-1-3-5-16/h1-11,17H,12-15H2,(H,24,28). The summed E-state index contributed by atoms with van der Waals surface area (Å²) in [7, 11) is 0. The lowest BCUT2D eigenvalue weighted by atomic mass is 9.96. The Hall–Kier alpha value is -2.73. The summed E-state index contributed by atoms with van der Waals surface area (Å²) in [5.41, 5.74) is 2.76. The molecule has 0 unspecified atom stereocenters. The summed E-state index contributed by atoms with van der Waals surface area (Å²) in [6, 6.07) is 21.7. The van der Waals surface area contributed by atoms with E-state index in [1.807, 2.05) is 66.7 Å². The molecule has 0 aliphatic carbocycles. The molecular formula is C22H21BrN4O. The average Bonchev–Trinajstić information content (AvgIpc) is 2.76. The van der Waals surface area contributed by atoms with Gasteiger partial charge in [0.25, 0.3) is 0 Å². The first-order valence-corrected chi connectivity index (χ1v) is 10.2. The van der Waals surface area contributed by atoms with E-state index in [0.29, 0.717) is 0 Å². The van der Waals surface area contributed by atoms with Gasteiger partial charge < -0.3 is 10.2 Å². The monoisotopic (exact) mass is 436 g/mol. The molecule has 1 aromatic heterocycles. The molecule has 0 radical (unpaired) electrons. The molecule has 0 bridgehead atoms. The number of rotatable bonds is 4. The maximum absolute atomic E-state index is 12.5. The Morgan fingerprint density at radius 1 is 0.929 bits per heavy atom. The van der Waals surface area contributed by atoms with Crippen molar-refractivity contribution in [2.75, 3.05) is 23.3 Å². The molecule has 0 atom stereocenters. The third-order valence-corrected chi connectivity index (χ3v) is 5.55. The van der Waals surface area contributed by atoms with Crippen molar-refractivity contribution >= 4 is 33.3 Å². The van der Waals surface area contributed by atoms with Gasteiger partial charge in [0.05, 0.1) is 5.69 Å². The molecular weight excluding hydrogens is 416 g/mol. The number of halogens is 1. The highest BCUT2D eigenvalue weighted by atomic mass is 79.9. The Balaban J connectivity index is 1.33. The topological polar surface area (TPSA) is 58.1 Å². The van der Waals surface area contributed by atoms with Gasteiger partial charge in [-0.2, -0.15) is 0 Å². The van der Waals surface area contributed by atoms with Crippen LogP contribution in [0.25, 0.3) is 11.3 Å². The van der Waals surface area contributed by atoms with Crippen molar-refractivity contribution in [3.63, 3.8) is 0 Å². The summed E-state index contributed by atoms with van der Waals surface area (Å²) >= 11 is 3.41. The summed E-state index contributed by atoms with van der Waals surface area (Å²) in [6.45, 7) is 1.61. The first-order valence-electron chi connectivity index (χ1n) is 9.39. The number of carbonyl (C=O) groups is 1. The third kappa shape index (κ3) is 4.39. The molecule has 142 valence electrons. The maximum Gasteiger partial charge on any atom is 0.227 e. The quantitative estimate of drug-likeness (QED) is 0.640. The van der Waals surface area contributed by atoms with Gasteiger partial charge in [0, 0.05) is 34.7 Å². The Labute approximate surface area is 172 Å². The van der Waals surface area contributed by atoms with Crippen LogP contribution in [0.5, 0.6) is 0 Å². The average molecular weight is 437 g/mol. The molecule has 0 spiro atoms. The van der Waals surface area contributed by atoms with Crippen LogP contribution in [0.4, 0.5) is 11.5 Å². The maximum atomic E-state index is 12.5. The summed E-state index contributed by atoms with van der Waals surface area (Å²) < 4.78 is 0.998. The highest BCUT2D eigenvalue weighted by molar-refractivity contribution is 9.10. The van der Waals surface area contributed by atoms with Gasteiger partial charge in [-0.25, -0.2) is 0 Å². The molecule has 1 amide bonds. The first-order chi connectivity index (χ1) is 13.7. The van der Waals surface area contributed by atoms with Crippen LogP contribution in [-0.2, 0) is 4.79 Å². The van der Waals surface area contributed by atoms with Crippen molar-refractivity contribution in [2.24, 2.45) is 5.92 Å². The van der Waals surface area contributed by atoms with Crippen molar-refractivity contribution in [1.29, 1.82) is 0 Å². The van der Waals surface area contributed by atoms with Gasteiger partial charge in [-0.3, -0.25) is 4.79 Å². The van der Waals surface area contributed by atoms with Crippen molar-refractivity contribution in [3.8, 4) is 11.3 Å². The molecule has 2 heterocycles. The molecule has 2 aromatic carbocycles. The minimum atomic E-state index is 0.0245. The van der Waals surface area contributed by atoms with Crippen molar-refractivity contribution in [2.45, 2.75) is 12.8 Å². The van der Waals surface area contributed by atoms with Gasteiger partial charge in [0.2, 0.25) is 5.91 Å². The van der Waals surface area contributed by atoms with Crippen LogP contribution >= 0.6 is 15.9 Å². The fraction of sp³-hybridized carbons (Fsp3) is 0.227. The minimum absolute atomic E-state index is 0.0245. The highest BCUT2D eigenvalue weighted by Gasteiger charge is 2.25. The molecule has 6 heteroatoms. The second-order valence-corrected chi connectivity index (χ2v) is 7.82. The summed E-state index contributed by atoms with van der Waals surface area (Å²) in [5.74, 6) is 0.982. The molecule has 1 saturated heterocycles. The lowest BCUT2D eigenvalue weighted by Gasteiger charge is -2.31. The fourth-order valence-electron chi connectivity index (χ4n) is 3.41. The number of nitrogens with one attached hydrogen (secondary N) is 1. The van der Waals surface area contributed by atoms with Crippen LogP contribution in [0.2, 0.25) is 0 Å². The van der Waals surface area contributed by atoms with Gasteiger partial charge in [-0.15, -0.1) is 10.2 Å². The number of carbonyl (C=O) groups excluding carboxylic acids is 1. The van der Waals surface area contributed by atoms with Gasteiger partial charge in [-0.1, -0.05) is 46.3 Å². The Bertz CT molecular complexity index is 921. The molecule has 1 aliphatic heterocycles. The second-order valence-electron chi connectivity index (χ2n) is 6.90. The van der Waals surface area contributed by atoms with Gasteiger partial charge in [0.1, 0.15) is 0 Å². The first kappa shape index (κ1) is 18.6. The number of piperidine rings is 1. The third-order valence-electron chi connectivity index (χ3n) is 5.02. The SMILES string of the molecule is O=C(Nc1ccc(Br)cc1)C1CCN(c2ccc(-c3ccccc3)nn2)CC1. The van der Waals surface area contributed by atoms with Crippen LogP contribution in [0.1, 0.15) is 12.8 Å². The molecule has 28 heavy (non-hydrogen) atoms. The van der Waals surface area contributed by atoms with E-state index in [1.165, 1.54) is 0 Å². The molecule has 1 fully saturated rings. The zero-order valence-electron chi connectivity index (χ0n) is 15.4. The van der Waals surface area contributed by atoms with E-state index >= 15 is 0 Å². The number of anilines is 2. The van der Waals surface area contributed by atoms with E-state index < -0.39 is 0 Å². The largest absolute Gasteiger partial charge is 0.355 e. The molecule has 1 aliphatic rings. The lowest BCUT2D eigenvalue weighted by molar-refractivity contribution is -0.120. The Kier molecular flexibility index (Phi) is 5.67. The fourth-order valence-corrected chi connectivity index (χ4v) is 3.67. The van der Waals surface area contributed by atoms with Gasteiger partial charge >= 0.3 is 0 Å². The lowest BCUT2D eigenvalue weighted by Crippen LogP contribution is -2.38. The number of benzene rings is 2. The van der Waals surface area contributed by atoms with E-state index in [0.717, 1.165) is 53.2 Å². The van der Waals surface area contributed by atoms with Gasteiger partial charge in [0.15, 0.2) is 5.82 Å². The summed E-state index contributed by atoms with van der Waals surface area (Å²) in [5, 5.41) is 11.8. The number of nitrogens with zero attached hydrogens (tertiary/aromatic N) is 3. The number of aromatic nitrogens is 2. The minimum Gasteiger partial charge on any atom is -0.355 e. The van der Waals surface area contributed by atoms with Crippen LogP contribution in [0, 0.1) is 5.92 Å². The van der Waals surface area contributed by atoms with Crippen molar-refractivity contribution in [1.82, 2.24) is 10.2 Å². The van der Waals surface area contributed by atoms with Crippen LogP contribution in [-0.4, -0.2) is 29.2 Å². The zero-order valence-corrected chi connectivity index (χ0v) is 17.0. The molecule has 1 N–H and O–H groups in total. The van der Waals surface area contributed by atoms with Gasteiger partial charge in [-0.05, 0) is 49.2 Å². The highest BCUT2D eigenvalue weighted by Crippen LogP contribution is 2.24. The smallest absolute Gasteiger partial charge is 0.227 e. The normalized spacial score (nSPS) is 14.7. The van der Waals surface area contributed by atoms with E-state index in [1.54, 1.807) is 0 Å². The van der Waals surface area contributed by atoms with Crippen molar-refractivity contribution in [3.05, 3.63) is 71.2 Å². The number of amides is 1. The number of hydrogen-bond acceptors (Lipinski definition) is 4. The molecule has 3 aromatic rings.